The van der Waals surface area contributed by atoms with E-state index in [9.17, 15) is 5.11 Å². The van der Waals surface area contributed by atoms with Crippen molar-refractivity contribution in [3.63, 3.8) is 0 Å². The Morgan fingerprint density at radius 1 is 1.21 bits per heavy atom. The highest BCUT2D eigenvalue weighted by Crippen LogP contribution is 2.15. The van der Waals surface area contributed by atoms with Gasteiger partial charge in [0.15, 0.2) is 0 Å². The first-order chi connectivity index (χ1) is 9.16. The number of hydrogen-bond acceptors (Lipinski definition) is 4. The van der Waals surface area contributed by atoms with Crippen molar-refractivity contribution < 1.29 is 5.11 Å². The predicted molar refractivity (Wildman–Crippen MR) is 76.1 cm³/mol. The maximum absolute atomic E-state index is 9.42. The largest absolute Gasteiger partial charge is 0.387 e. The fourth-order valence-corrected chi connectivity index (χ4v) is 1.85. The third-order valence-electron chi connectivity index (χ3n) is 3.12. The Hall–Kier alpha value is -1.94. The van der Waals surface area contributed by atoms with Gasteiger partial charge in [0.2, 0.25) is 0 Å². The van der Waals surface area contributed by atoms with Crippen molar-refractivity contribution >= 4 is 5.69 Å². The molecule has 1 N–H and O–H groups in total. The number of anilines is 1. The second-order valence-corrected chi connectivity index (χ2v) is 4.64. The number of pyridine rings is 2. The van der Waals surface area contributed by atoms with Crippen molar-refractivity contribution in [1.29, 1.82) is 0 Å². The molecule has 0 bridgehead atoms. The highest BCUT2D eigenvalue weighted by Gasteiger charge is 2.05. The molecule has 100 valence electrons. The third-order valence-corrected chi connectivity index (χ3v) is 3.12. The molecular formula is C15H19N3O. The van der Waals surface area contributed by atoms with Gasteiger partial charge in [-0.15, -0.1) is 0 Å². The molecule has 0 aliphatic carbocycles. The van der Waals surface area contributed by atoms with Crippen molar-refractivity contribution in [2.24, 2.45) is 0 Å². The van der Waals surface area contributed by atoms with Gasteiger partial charge in [-0.1, -0.05) is 0 Å². The van der Waals surface area contributed by atoms with Gasteiger partial charge in [-0.05, 0) is 43.2 Å². The molecule has 0 aromatic carbocycles. The second-order valence-electron chi connectivity index (χ2n) is 4.64. The van der Waals surface area contributed by atoms with E-state index in [-0.39, 0.29) is 0 Å². The fourth-order valence-electron chi connectivity index (χ4n) is 1.85. The van der Waals surface area contributed by atoms with Crippen LogP contribution >= 0.6 is 0 Å². The van der Waals surface area contributed by atoms with Crippen LogP contribution in [-0.4, -0.2) is 28.7 Å². The molecule has 0 aliphatic rings. The molecule has 1 atom stereocenters. The van der Waals surface area contributed by atoms with E-state index in [1.54, 1.807) is 13.1 Å². The topological polar surface area (TPSA) is 49.2 Å². The Labute approximate surface area is 113 Å². The summed E-state index contributed by atoms with van der Waals surface area (Å²) in [5.41, 5.74) is 3.03. The summed E-state index contributed by atoms with van der Waals surface area (Å²) in [5, 5.41) is 9.42. The molecule has 4 heteroatoms. The SMILES string of the molecule is CC(O)c1ccc(N(C)CCc2ccncc2)cn1. The molecule has 0 saturated heterocycles. The first kappa shape index (κ1) is 13.5. The van der Waals surface area contributed by atoms with Crippen LogP contribution in [0.25, 0.3) is 0 Å². The molecule has 0 aliphatic heterocycles. The lowest BCUT2D eigenvalue weighted by Gasteiger charge is -2.19. The second kappa shape index (κ2) is 6.29. The van der Waals surface area contributed by atoms with Crippen molar-refractivity contribution in [2.45, 2.75) is 19.4 Å². The zero-order chi connectivity index (χ0) is 13.7. The van der Waals surface area contributed by atoms with Crippen molar-refractivity contribution in [3.05, 3.63) is 54.1 Å². The Morgan fingerprint density at radius 2 is 1.95 bits per heavy atom. The normalized spacial score (nSPS) is 12.2. The van der Waals surface area contributed by atoms with Gasteiger partial charge in [-0.25, -0.2) is 0 Å². The molecule has 19 heavy (non-hydrogen) atoms. The summed E-state index contributed by atoms with van der Waals surface area (Å²) in [7, 11) is 2.04. The van der Waals surface area contributed by atoms with Gasteiger partial charge in [0.05, 0.1) is 23.7 Å². The lowest BCUT2D eigenvalue weighted by Crippen LogP contribution is -2.20. The standard InChI is InChI=1S/C15H19N3O/c1-12(19)15-4-3-14(11-17-15)18(2)10-7-13-5-8-16-9-6-13/h3-6,8-9,11-12,19H,7,10H2,1-2H3. The van der Waals surface area contributed by atoms with Crippen LogP contribution in [0.2, 0.25) is 0 Å². The van der Waals surface area contributed by atoms with E-state index in [1.165, 1.54) is 5.56 Å². The Balaban J connectivity index is 1.94. The molecule has 0 amide bonds. The molecule has 2 heterocycles. The molecule has 2 rings (SSSR count). The highest BCUT2D eigenvalue weighted by molar-refractivity contribution is 5.44. The van der Waals surface area contributed by atoms with Crippen LogP contribution in [0.3, 0.4) is 0 Å². The van der Waals surface area contributed by atoms with Crippen LogP contribution in [0.5, 0.6) is 0 Å². The van der Waals surface area contributed by atoms with E-state index in [1.807, 2.05) is 43.7 Å². The van der Waals surface area contributed by atoms with E-state index < -0.39 is 6.10 Å². The summed E-state index contributed by atoms with van der Waals surface area (Å²) in [6, 6.07) is 7.91. The first-order valence-corrected chi connectivity index (χ1v) is 6.41. The summed E-state index contributed by atoms with van der Waals surface area (Å²) in [4.78, 5) is 10.4. The number of aromatic nitrogens is 2. The number of hydrogen-bond donors (Lipinski definition) is 1. The van der Waals surface area contributed by atoms with Crippen LogP contribution < -0.4 is 4.90 Å². The van der Waals surface area contributed by atoms with Crippen LogP contribution in [0.4, 0.5) is 5.69 Å². The average molecular weight is 257 g/mol. The number of aliphatic hydroxyl groups is 1. The molecule has 2 aromatic rings. The zero-order valence-electron chi connectivity index (χ0n) is 11.3. The quantitative estimate of drug-likeness (QED) is 0.892. The number of rotatable bonds is 5. The summed E-state index contributed by atoms with van der Waals surface area (Å²) in [6.07, 6.45) is 5.88. The maximum atomic E-state index is 9.42. The summed E-state index contributed by atoms with van der Waals surface area (Å²) >= 11 is 0. The maximum Gasteiger partial charge on any atom is 0.0931 e. The van der Waals surface area contributed by atoms with E-state index >= 15 is 0 Å². The molecule has 0 spiro atoms. The van der Waals surface area contributed by atoms with E-state index in [0.717, 1.165) is 18.7 Å². The summed E-state index contributed by atoms with van der Waals surface area (Å²) in [6.45, 7) is 2.63. The van der Waals surface area contributed by atoms with Gasteiger partial charge in [0.1, 0.15) is 0 Å². The van der Waals surface area contributed by atoms with E-state index in [4.69, 9.17) is 0 Å². The number of aliphatic hydroxyl groups excluding tert-OH is 1. The zero-order valence-corrected chi connectivity index (χ0v) is 11.3. The Morgan fingerprint density at radius 3 is 2.53 bits per heavy atom. The molecule has 4 nitrogen and oxygen atoms in total. The van der Waals surface area contributed by atoms with E-state index in [2.05, 4.69) is 14.9 Å². The number of likely N-dealkylation sites (N-methyl/N-ethyl adjacent to an activating group) is 1. The van der Waals surface area contributed by atoms with Crippen LogP contribution in [0, 0.1) is 0 Å². The molecule has 1 unspecified atom stereocenters. The van der Waals surface area contributed by atoms with Crippen LogP contribution in [-0.2, 0) is 6.42 Å². The predicted octanol–water partition coefficient (Wildman–Crippen LogP) is 2.21. The Bertz CT molecular complexity index is 497. The molecule has 0 radical (unpaired) electrons. The minimum absolute atomic E-state index is 0.517. The van der Waals surface area contributed by atoms with E-state index in [0.29, 0.717) is 5.69 Å². The molecule has 0 saturated carbocycles. The lowest BCUT2D eigenvalue weighted by molar-refractivity contribution is 0.194. The van der Waals surface area contributed by atoms with Crippen LogP contribution in [0.15, 0.2) is 42.9 Å². The fraction of sp³-hybridized carbons (Fsp3) is 0.333. The first-order valence-electron chi connectivity index (χ1n) is 6.41. The lowest BCUT2D eigenvalue weighted by atomic mass is 10.2. The third kappa shape index (κ3) is 3.76. The van der Waals surface area contributed by atoms with Gasteiger partial charge >= 0.3 is 0 Å². The molecule has 2 aromatic heterocycles. The smallest absolute Gasteiger partial charge is 0.0931 e. The van der Waals surface area contributed by atoms with Gasteiger partial charge in [0.25, 0.3) is 0 Å². The minimum atomic E-state index is -0.517. The van der Waals surface area contributed by atoms with Crippen molar-refractivity contribution in [1.82, 2.24) is 9.97 Å². The van der Waals surface area contributed by atoms with Crippen molar-refractivity contribution in [3.8, 4) is 0 Å². The molecule has 0 fully saturated rings. The Kier molecular flexibility index (Phi) is 4.47. The highest BCUT2D eigenvalue weighted by atomic mass is 16.3. The monoisotopic (exact) mass is 257 g/mol. The van der Waals surface area contributed by atoms with Gasteiger partial charge in [0, 0.05) is 26.0 Å². The summed E-state index contributed by atoms with van der Waals surface area (Å²) in [5.74, 6) is 0. The molecular weight excluding hydrogens is 238 g/mol. The average Bonchev–Trinajstić information content (AvgIpc) is 2.46. The van der Waals surface area contributed by atoms with Gasteiger partial charge in [-0.3, -0.25) is 9.97 Å². The summed E-state index contributed by atoms with van der Waals surface area (Å²) < 4.78 is 0. The number of nitrogens with zero attached hydrogens (tertiary/aromatic N) is 3. The minimum Gasteiger partial charge on any atom is -0.387 e. The van der Waals surface area contributed by atoms with Crippen LogP contribution in [0.1, 0.15) is 24.3 Å². The van der Waals surface area contributed by atoms with Gasteiger partial charge < -0.3 is 10.0 Å². The van der Waals surface area contributed by atoms with Crippen molar-refractivity contribution in [2.75, 3.05) is 18.5 Å². The van der Waals surface area contributed by atoms with Gasteiger partial charge in [-0.2, -0.15) is 0 Å².